The van der Waals surface area contributed by atoms with Crippen molar-refractivity contribution < 1.29 is 40.3 Å². The zero-order valence-corrected chi connectivity index (χ0v) is 9.77. The highest BCUT2D eigenvalue weighted by Gasteiger charge is 2.73. The van der Waals surface area contributed by atoms with Gasteiger partial charge in [-0.1, -0.05) is 0 Å². The smallest absolute Gasteiger partial charge is 0.427 e. The molecule has 0 bridgehead atoms. The van der Waals surface area contributed by atoms with Crippen molar-refractivity contribution in [2.75, 3.05) is 0 Å². The number of alkyl halides is 7. The van der Waals surface area contributed by atoms with Crippen LogP contribution in [0.3, 0.4) is 0 Å². The van der Waals surface area contributed by atoms with Crippen LogP contribution in [0.5, 0.6) is 5.75 Å². The van der Waals surface area contributed by atoms with E-state index in [0.29, 0.717) is 24.3 Å². The minimum atomic E-state index is -6.40. The molecule has 112 valence electrons. The lowest BCUT2D eigenvalue weighted by atomic mass is 10.0. The molecular formula is C11H7F7O2. The van der Waals surface area contributed by atoms with E-state index < -0.39 is 29.6 Å². The third kappa shape index (κ3) is 2.86. The molecule has 0 spiro atoms. The summed E-state index contributed by atoms with van der Waals surface area (Å²) in [5.74, 6) is -12.7. The number of benzene rings is 1. The standard InChI is InChI=1S/C11H7F7O2/c1-6(19)20-8-4-2-7(3-5-8)9(12,13)10(14,15)11(16,17)18/h2-5H,1H3. The van der Waals surface area contributed by atoms with Gasteiger partial charge in [0.05, 0.1) is 0 Å². The molecule has 0 saturated carbocycles. The highest BCUT2D eigenvalue weighted by molar-refractivity contribution is 5.69. The van der Waals surface area contributed by atoms with E-state index in [1.54, 1.807) is 0 Å². The van der Waals surface area contributed by atoms with Gasteiger partial charge in [-0.15, -0.1) is 0 Å². The van der Waals surface area contributed by atoms with Gasteiger partial charge in [0.25, 0.3) is 0 Å². The lowest BCUT2D eigenvalue weighted by Crippen LogP contribution is -2.49. The predicted molar refractivity (Wildman–Crippen MR) is 52.6 cm³/mol. The molecule has 0 fully saturated rings. The number of hydrogen-bond acceptors (Lipinski definition) is 2. The quantitative estimate of drug-likeness (QED) is 0.481. The van der Waals surface area contributed by atoms with E-state index in [4.69, 9.17) is 0 Å². The van der Waals surface area contributed by atoms with Crippen LogP contribution in [0.25, 0.3) is 0 Å². The SMILES string of the molecule is CC(=O)Oc1ccc(C(F)(F)C(F)(F)C(F)(F)F)cc1. The Hall–Kier alpha value is -1.80. The molecule has 0 aliphatic carbocycles. The van der Waals surface area contributed by atoms with Gasteiger partial charge in [-0.2, -0.15) is 30.7 Å². The zero-order chi connectivity index (χ0) is 15.8. The number of esters is 1. The molecule has 0 aliphatic rings. The molecule has 20 heavy (non-hydrogen) atoms. The van der Waals surface area contributed by atoms with Gasteiger partial charge >= 0.3 is 24.0 Å². The lowest BCUT2D eigenvalue weighted by molar-refractivity contribution is -0.359. The molecule has 2 nitrogen and oxygen atoms in total. The normalized spacial score (nSPS) is 13.2. The second-order valence-electron chi connectivity index (χ2n) is 3.76. The van der Waals surface area contributed by atoms with Gasteiger partial charge in [-0.25, -0.2) is 0 Å². The van der Waals surface area contributed by atoms with Crippen molar-refractivity contribution in [3.8, 4) is 5.75 Å². The van der Waals surface area contributed by atoms with E-state index in [0.717, 1.165) is 6.92 Å². The number of carbonyl (C=O) groups is 1. The molecule has 0 saturated heterocycles. The Labute approximate surface area is 108 Å². The molecular weight excluding hydrogens is 297 g/mol. The summed E-state index contributed by atoms with van der Waals surface area (Å²) in [6.07, 6.45) is -6.40. The monoisotopic (exact) mass is 304 g/mol. The number of carbonyl (C=O) groups excluding carboxylic acids is 1. The van der Waals surface area contributed by atoms with Crippen molar-refractivity contribution in [3.63, 3.8) is 0 Å². The van der Waals surface area contributed by atoms with Gasteiger partial charge in [0.15, 0.2) is 0 Å². The van der Waals surface area contributed by atoms with Crippen LogP contribution >= 0.6 is 0 Å². The molecule has 0 unspecified atom stereocenters. The van der Waals surface area contributed by atoms with Crippen LogP contribution in [0.4, 0.5) is 30.7 Å². The van der Waals surface area contributed by atoms with E-state index in [2.05, 4.69) is 4.74 Å². The van der Waals surface area contributed by atoms with Crippen LogP contribution in [0.1, 0.15) is 12.5 Å². The summed E-state index contributed by atoms with van der Waals surface area (Å²) >= 11 is 0. The second kappa shape index (κ2) is 4.95. The Morgan fingerprint density at radius 1 is 0.950 bits per heavy atom. The van der Waals surface area contributed by atoms with Crippen LogP contribution in [-0.4, -0.2) is 18.1 Å². The molecule has 0 atom stereocenters. The Morgan fingerprint density at radius 2 is 1.40 bits per heavy atom. The number of halogens is 7. The fourth-order valence-electron chi connectivity index (χ4n) is 1.26. The van der Waals surface area contributed by atoms with Crippen molar-refractivity contribution in [1.82, 2.24) is 0 Å². The molecule has 0 aliphatic heterocycles. The van der Waals surface area contributed by atoms with E-state index in [1.165, 1.54) is 0 Å². The minimum absolute atomic E-state index is 0.257. The van der Waals surface area contributed by atoms with Gasteiger partial charge < -0.3 is 4.74 Å². The first-order valence-electron chi connectivity index (χ1n) is 5.01. The first kappa shape index (κ1) is 16.3. The van der Waals surface area contributed by atoms with Crippen molar-refractivity contribution in [2.45, 2.75) is 24.9 Å². The number of rotatable bonds is 3. The van der Waals surface area contributed by atoms with Crippen LogP contribution in [0.15, 0.2) is 24.3 Å². The van der Waals surface area contributed by atoms with E-state index >= 15 is 0 Å². The number of hydrogen-bond donors (Lipinski definition) is 0. The van der Waals surface area contributed by atoms with Gasteiger partial charge in [0.1, 0.15) is 5.75 Å². The first-order chi connectivity index (χ1) is 8.89. The highest BCUT2D eigenvalue weighted by atomic mass is 19.4. The van der Waals surface area contributed by atoms with Crippen LogP contribution in [0.2, 0.25) is 0 Å². The third-order valence-electron chi connectivity index (χ3n) is 2.23. The third-order valence-corrected chi connectivity index (χ3v) is 2.23. The summed E-state index contributed by atoms with van der Waals surface area (Å²) in [6, 6.07) is 2.05. The largest absolute Gasteiger partial charge is 0.460 e. The average molecular weight is 304 g/mol. The molecule has 9 heteroatoms. The molecule has 0 N–H and O–H groups in total. The maximum atomic E-state index is 13.2. The molecule has 0 aromatic heterocycles. The summed E-state index contributed by atoms with van der Waals surface area (Å²) in [6.45, 7) is 1.00. The van der Waals surface area contributed by atoms with E-state index in [9.17, 15) is 35.5 Å². The topological polar surface area (TPSA) is 26.3 Å². The van der Waals surface area contributed by atoms with Crippen molar-refractivity contribution in [3.05, 3.63) is 29.8 Å². The van der Waals surface area contributed by atoms with Crippen molar-refractivity contribution in [1.29, 1.82) is 0 Å². The summed E-state index contributed by atoms with van der Waals surface area (Å²) in [4.78, 5) is 10.5. The van der Waals surface area contributed by atoms with Crippen molar-refractivity contribution >= 4 is 5.97 Å². The van der Waals surface area contributed by atoms with Crippen LogP contribution in [0, 0.1) is 0 Å². The molecule has 1 aromatic carbocycles. The summed E-state index contributed by atoms with van der Waals surface area (Å²) in [7, 11) is 0. The minimum Gasteiger partial charge on any atom is -0.427 e. The Balaban J connectivity index is 3.13. The Bertz CT molecular complexity index is 490. The van der Waals surface area contributed by atoms with Gasteiger partial charge in [0.2, 0.25) is 0 Å². The van der Waals surface area contributed by atoms with E-state index in [-0.39, 0.29) is 5.75 Å². The number of ether oxygens (including phenoxy) is 1. The molecule has 0 heterocycles. The Kier molecular flexibility index (Phi) is 4.02. The predicted octanol–water partition coefficient (Wildman–Crippen LogP) is 3.90. The van der Waals surface area contributed by atoms with Crippen LogP contribution < -0.4 is 4.74 Å². The van der Waals surface area contributed by atoms with E-state index in [1.807, 2.05) is 0 Å². The fourth-order valence-corrected chi connectivity index (χ4v) is 1.26. The zero-order valence-electron chi connectivity index (χ0n) is 9.77. The van der Waals surface area contributed by atoms with Gasteiger partial charge in [-0.05, 0) is 24.3 Å². The first-order valence-corrected chi connectivity index (χ1v) is 5.01. The molecule has 1 rings (SSSR count). The fraction of sp³-hybridized carbons (Fsp3) is 0.364. The maximum Gasteiger partial charge on any atom is 0.460 e. The highest BCUT2D eigenvalue weighted by Crippen LogP contribution is 2.51. The van der Waals surface area contributed by atoms with Crippen LogP contribution in [-0.2, 0) is 10.7 Å². The molecule has 0 radical (unpaired) electrons. The lowest BCUT2D eigenvalue weighted by Gasteiger charge is -2.28. The summed E-state index contributed by atoms with van der Waals surface area (Å²) in [5, 5.41) is 0. The molecule has 0 amide bonds. The summed E-state index contributed by atoms with van der Waals surface area (Å²) < 4.78 is 92.3. The van der Waals surface area contributed by atoms with Gasteiger partial charge in [-0.3, -0.25) is 4.79 Å². The van der Waals surface area contributed by atoms with Crippen molar-refractivity contribution in [2.24, 2.45) is 0 Å². The second-order valence-corrected chi connectivity index (χ2v) is 3.76. The average Bonchev–Trinajstić information content (AvgIpc) is 2.27. The Morgan fingerprint density at radius 3 is 1.75 bits per heavy atom. The maximum absolute atomic E-state index is 13.2. The van der Waals surface area contributed by atoms with Gasteiger partial charge in [0, 0.05) is 12.5 Å². The molecule has 1 aromatic rings. The summed E-state index contributed by atoms with van der Waals surface area (Å²) in [5.41, 5.74) is -1.55.